The maximum Gasteiger partial charge on any atom is 0.255 e. The molecule has 1 atom stereocenters. The van der Waals surface area contributed by atoms with Gasteiger partial charge in [0.1, 0.15) is 0 Å². The van der Waals surface area contributed by atoms with Crippen molar-refractivity contribution in [2.75, 3.05) is 5.32 Å². The third-order valence-electron chi connectivity index (χ3n) is 4.07. The van der Waals surface area contributed by atoms with Crippen LogP contribution in [0.25, 0.3) is 0 Å². The van der Waals surface area contributed by atoms with Crippen molar-refractivity contribution in [2.24, 2.45) is 0 Å². The molecule has 4 nitrogen and oxygen atoms in total. The molecule has 2 aromatic carbocycles. The van der Waals surface area contributed by atoms with Gasteiger partial charge >= 0.3 is 0 Å². The fourth-order valence-electron chi connectivity index (χ4n) is 2.87. The number of halogens is 2. The van der Waals surface area contributed by atoms with E-state index in [0.29, 0.717) is 16.4 Å². The van der Waals surface area contributed by atoms with Crippen LogP contribution in [0.4, 0.5) is 14.5 Å². The molecule has 3 N–H and O–H groups in total. The van der Waals surface area contributed by atoms with Crippen LogP contribution in [0.1, 0.15) is 24.1 Å². The predicted octanol–water partition coefficient (Wildman–Crippen LogP) is 3.70. The molecule has 0 bridgehead atoms. The third kappa shape index (κ3) is 3.72. The lowest BCUT2D eigenvalue weighted by atomic mass is 9.94. The number of hydrogen-bond donors (Lipinski definition) is 3. The highest BCUT2D eigenvalue weighted by Crippen LogP contribution is 2.28. The van der Waals surface area contributed by atoms with Gasteiger partial charge in [-0.1, -0.05) is 29.8 Å². The molecule has 0 radical (unpaired) electrons. The molecule has 0 unspecified atom stereocenters. The number of carbonyl (C=O) groups is 1. The first-order valence-electron chi connectivity index (χ1n) is 7.96. The molecule has 7 heteroatoms. The third-order valence-corrected chi connectivity index (χ3v) is 4.29. The van der Waals surface area contributed by atoms with Crippen LogP contribution in [0.5, 0.6) is 0 Å². The molecule has 0 spiro atoms. The summed E-state index contributed by atoms with van der Waals surface area (Å²) in [6.07, 6.45) is 0. The molecule has 3 rings (SSSR count). The molecule has 0 fully saturated rings. The summed E-state index contributed by atoms with van der Waals surface area (Å²) in [5, 5.41) is 9.06. The summed E-state index contributed by atoms with van der Waals surface area (Å²) in [4.78, 5) is 12.8. The Hall–Kier alpha value is -2.80. The van der Waals surface area contributed by atoms with Crippen molar-refractivity contribution in [3.05, 3.63) is 76.5 Å². The standard InChI is InChI=1S/C19H17F2N3OS/c1-10-4-3-5-12(8-10)17-16(11(2)22-19(26)24-17)18(25)23-13-6-7-14(20)15(21)9-13/h3-9,17H,1-2H3,(H,23,25)(H2,22,24,26)/t17-/m0/s1. The zero-order valence-corrected chi connectivity index (χ0v) is 15.0. The molecule has 134 valence electrons. The van der Waals surface area contributed by atoms with E-state index in [9.17, 15) is 13.6 Å². The molecule has 2 aromatic rings. The lowest BCUT2D eigenvalue weighted by Crippen LogP contribution is -2.45. The summed E-state index contributed by atoms with van der Waals surface area (Å²) in [6.45, 7) is 3.70. The zero-order valence-electron chi connectivity index (χ0n) is 14.2. The first-order valence-corrected chi connectivity index (χ1v) is 8.37. The van der Waals surface area contributed by atoms with Gasteiger partial charge < -0.3 is 16.0 Å². The summed E-state index contributed by atoms with van der Waals surface area (Å²) >= 11 is 5.21. The van der Waals surface area contributed by atoms with Gasteiger partial charge in [-0.15, -0.1) is 0 Å². The molecule has 26 heavy (non-hydrogen) atoms. The van der Waals surface area contributed by atoms with Crippen molar-refractivity contribution < 1.29 is 13.6 Å². The van der Waals surface area contributed by atoms with Crippen molar-refractivity contribution in [3.63, 3.8) is 0 Å². The summed E-state index contributed by atoms with van der Waals surface area (Å²) in [5.41, 5.74) is 3.12. The highest BCUT2D eigenvalue weighted by atomic mass is 32.1. The van der Waals surface area contributed by atoms with Gasteiger partial charge in [0, 0.05) is 17.5 Å². The Morgan fingerprint density at radius 3 is 2.58 bits per heavy atom. The van der Waals surface area contributed by atoms with Crippen LogP contribution in [0.15, 0.2) is 53.7 Å². The predicted molar refractivity (Wildman–Crippen MR) is 100 cm³/mol. The summed E-state index contributed by atoms with van der Waals surface area (Å²) in [6, 6.07) is 10.5. The number of aryl methyl sites for hydroxylation is 1. The Bertz CT molecular complexity index is 927. The van der Waals surface area contributed by atoms with Crippen molar-refractivity contribution >= 4 is 28.9 Å². The molecule has 0 saturated heterocycles. The minimum Gasteiger partial charge on any atom is -0.351 e. The molecular formula is C19H17F2N3OS. The number of hydrogen-bond acceptors (Lipinski definition) is 2. The molecule has 1 heterocycles. The van der Waals surface area contributed by atoms with Crippen LogP contribution in [0.3, 0.4) is 0 Å². The Balaban J connectivity index is 1.95. The number of rotatable bonds is 3. The molecule has 0 aliphatic carbocycles. The largest absolute Gasteiger partial charge is 0.351 e. The van der Waals surface area contributed by atoms with E-state index in [0.717, 1.165) is 23.3 Å². The van der Waals surface area contributed by atoms with Crippen LogP contribution < -0.4 is 16.0 Å². The summed E-state index contributed by atoms with van der Waals surface area (Å²) < 4.78 is 26.5. The first-order chi connectivity index (χ1) is 12.3. The van der Waals surface area contributed by atoms with Gasteiger partial charge in [0.25, 0.3) is 5.91 Å². The van der Waals surface area contributed by atoms with E-state index in [2.05, 4.69) is 16.0 Å². The highest BCUT2D eigenvalue weighted by molar-refractivity contribution is 7.80. The van der Waals surface area contributed by atoms with Crippen molar-refractivity contribution in [1.29, 1.82) is 0 Å². The molecule has 0 saturated carbocycles. The number of benzene rings is 2. The topological polar surface area (TPSA) is 53.2 Å². The first kappa shape index (κ1) is 18.0. The van der Waals surface area contributed by atoms with Gasteiger partial charge in [-0.2, -0.15) is 0 Å². The second-order valence-electron chi connectivity index (χ2n) is 6.07. The van der Waals surface area contributed by atoms with Gasteiger partial charge in [-0.05, 0) is 43.8 Å². The van der Waals surface area contributed by atoms with E-state index < -0.39 is 23.6 Å². The number of carbonyl (C=O) groups excluding carboxylic acids is 1. The Morgan fingerprint density at radius 1 is 1.12 bits per heavy atom. The lowest BCUT2D eigenvalue weighted by molar-refractivity contribution is -0.113. The number of thiocarbonyl (C=S) groups is 1. The van der Waals surface area contributed by atoms with Crippen LogP contribution in [-0.4, -0.2) is 11.0 Å². The smallest absolute Gasteiger partial charge is 0.255 e. The van der Waals surface area contributed by atoms with Crippen molar-refractivity contribution in [3.8, 4) is 0 Å². The Morgan fingerprint density at radius 2 is 1.88 bits per heavy atom. The number of amides is 1. The molecule has 0 aromatic heterocycles. The second-order valence-corrected chi connectivity index (χ2v) is 6.48. The maximum atomic E-state index is 13.4. The summed E-state index contributed by atoms with van der Waals surface area (Å²) in [7, 11) is 0. The van der Waals surface area contributed by atoms with Crippen LogP contribution in [0.2, 0.25) is 0 Å². The van der Waals surface area contributed by atoms with Crippen LogP contribution >= 0.6 is 12.2 Å². The normalized spacial score (nSPS) is 16.8. The molecule has 1 amide bonds. The average molecular weight is 373 g/mol. The van der Waals surface area contributed by atoms with Gasteiger partial charge in [0.15, 0.2) is 16.7 Å². The number of allylic oxidation sites excluding steroid dienone is 1. The van der Waals surface area contributed by atoms with E-state index in [1.807, 2.05) is 31.2 Å². The SMILES string of the molecule is CC1=C(C(=O)Nc2ccc(F)c(F)c2)[C@H](c2cccc(C)c2)NC(=S)N1. The lowest BCUT2D eigenvalue weighted by Gasteiger charge is -2.30. The Labute approximate surface area is 155 Å². The second kappa shape index (κ2) is 7.21. The monoisotopic (exact) mass is 373 g/mol. The van der Waals surface area contributed by atoms with E-state index in [1.165, 1.54) is 6.07 Å². The zero-order chi connectivity index (χ0) is 18.8. The van der Waals surface area contributed by atoms with Crippen LogP contribution in [-0.2, 0) is 4.79 Å². The fraction of sp³-hybridized carbons (Fsp3) is 0.158. The van der Waals surface area contributed by atoms with E-state index >= 15 is 0 Å². The van der Waals surface area contributed by atoms with E-state index in [-0.39, 0.29) is 5.69 Å². The minimum atomic E-state index is -1.02. The maximum absolute atomic E-state index is 13.4. The molecule has 1 aliphatic rings. The van der Waals surface area contributed by atoms with E-state index in [1.54, 1.807) is 6.92 Å². The van der Waals surface area contributed by atoms with Gasteiger partial charge in [0.2, 0.25) is 0 Å². The van der Waals surface area contributed by atoms with Crippen molar-refractivity contribution in [2.45, 2.75) is 19.9 Å². The molecular weight excluding hydrogens is 356 g/mol. The van der Waals surface area contributed by atoms with Gasteiger partial charge in [0.05, 0.1) is 11.6 Å². The summed E-state index contributed by atoms with van der Waals surface area (Å²) in [5.74, 6) is -2.42. The van der Waals surface area contributed by atoms with Crippen molar-refractivity contribution in [1.82, 2.24) is 10.6 Å². The fourth-order valence-corrected chi connectivity index (χ4v) is 3.14. The van der Waals surface area contributed by atoms with Gasteiger partial charge in [-0.3, -0.25) is 4.79 Å². The Kier molecular flexibility index (Phi) is 4.99. The van der Waals surface area contributed by atoms with Crippen LogP contribution in [0, 0.1) is 18.6 Å². The van der Waals surface area contributed by atoms with Gasteiger partial charge in [-0.25, -0.2) is 8.78 Å². The molecule has 1 aliphatic heterocycles. The quantitative estimate of drug-likeness (QED) is 0.718. The minimum absolute atomic E-state index is 0.172. The number of anilines is 1. The number of nitrogens with one attached hydrogen (secondary N) is 3. The van der Waals surface area contributed by atoms with E-state index in [4.69, 9.17) is 12.2 Å². The highest BCUT2D eigenvalue weighted by Gasteiger charge is 2.30. The average Bonchev–Trinajstić information content (AvgIpc) is 2.57.